The fourth-order valence-corrected chi connectivity index (χ4v) is 3.07. The minimum atomic E-state index is -0.556. The number of carbonyl (C=O) groups is 2. The molecule has 1 amide bonds. The number of aryl methyl sites for hydroxylation is 2. The van der Waals surface area contributed by atoms with E-state index in [1.54, 1.807) is 20.8 Å². The summed E-state index contributed by atoms with van der Waals surface area (Å²) in [5.41, 5.74) is 2.86. The van der Waals surface area contributed by atoms with Gasteiger partial charge in [0.2, 0.25) is 0 Å². The van der Waals surface area contributed by atoms with Crippen molar-refractivity contribution in [3.8, 4) is 0 Å². The summed E-state index contributed by atoms with van der Waals surface area (Å²) in [6.07, 6.45) is 0. The maximum atomic E-state index is 12.2. The Morgan fingerprint density at radius 1 is 1.07 bits per heavy atom. The molecular weight excluding hydrogens is 348 g/mol. The van der Waals surface area contributed by atoms with E-state index in [1.807, 2.05) is 24.3 Å². The molecule has 0 aliphatic carbocycles. The lowest BCUT2D eigenvalue weighted by molar-refractivity contribution is -0.119. The number of nitrogens with zero attached hydrogens (tertiary/aromatic N) is 1. The van der Waals surface area contributed by atoms with Crippen molar-refractivity contribution in [2.24, 2.45) is 0 Å². The van der Waals surface area contributed by atoms with Crippen LogP contribution in [-0.4, -0.2) is 44.8 Å². The van der Waals surface area contributed by atoms with Gasteiger partial charge >= 0.3 is 5.97 Å². The maximum Gasteiger partial charge on any atom is 0.342 e. The van der Waals surface area contributed by atoms with Crippen molar-refractivity contribution in [2.45, 2.75) is 20.8 Å². The minimum Gasteiger partial charge on any atom is -0.465 e. The van der Waals surface area contributed by atoms with Crippen LogP contribution in [-0.2, 0) is 14.3 Å². The van der Waals surface area contributed by atoms with Crippen molar-refractivity contribution in [3.63, 3.8) is 0 Å². The number of anilines is 2. The van der Waals surface area contributed by atoms with Crippen molar-refractivity contribution in [1.29, 1.82) is 0 Å². The molecule has 1 aromatic heterocycles. The van der Waals surface area contributed by atoms with Crippen LogP contribution in [0.5, 0.6) is 0 Å². The highest BCUT2D eigenvalue weighted by molar-refractivity contribution is 5.96. The summed E-state index contributed by atoms with van der Waals surface area (Å²) < 4.78 is 15.9. The average Bonchev–Trinajstić information content (AvgIpc) is 2.93. The molecule has 3 rings (SSSR count). The number of benzene rings is 1. The van der Waals surface area contributed by atoms with E-state index in [4.69, 9.17) is 13.9 Å². The number of rotatable bonds is 5. The van der Waals surface area contributed by atoms with Crippen molar-refractivity contribution < 1.29 is 23.5 Å². The quantitative estimate of drug-likeness (QED) is 0.813. The molecule has 144 valence electrons. The summed E-state index contributed by atoms with van der Waals surface area (Å²) in [6, 6.07) is 7.57. The smallest absolute Gasteiger partial charge is 0.342 e. The first-order chi connectivity index (χ1) is 13.0. The molecule has 7 nitrogen and oxygen atoms in total. The summed E-state index contributed by atoms with van der Waals surface area (Å²) in [6.45, 7) is 8.07. The van der Waals surface area contributed by atoms with Gasteiger partial charge in [0.1, 0.15) is 17.1 Å². The molecule has 1 saturated heterocycles. The van der Waals surface area contributed by atoms with Crippen LogP contribution < -0.4 is 10.2 Å². The number of esters is 1. The Hall–Kier alpha value is -2.80. The van der Waals surface area contributed by atoms with Gasteiger partial charge in [0.25, 0.3) is 5.91 Å². The zero-order chi connectivity index (χ0) is 19.4. The van der Waals surface area contributed by atoms with E-state index in [9.17, 15) is 9.59 Å². The van der Waals surface area contributed by atoms with Gasteiger partial charge in [0.05, 0.1) is 13.2 Å². The number of ether oxygens (including phenoxy) is 2. The van der Waals surface area contributed by atoms with Gasteiger partial charge in [-0.3, -0.25) is 4.79 Å². The SMILES string of the molecule is Cc1oc(C)c(C(=O)OCC(=O)Nc2ccc(N3CCOCC3)cc2)c1C. The number of hydrogen-bond acceptors (Lipinski definition) is 6. The van der Waals surface area contributed by atoms with E-state index in [1.165, 1.54) is 0 Å². The summed E-state index contributed by atoms with van der Waals surface area (Å²) in [5.74, 6) is 0.219. The fraction of sp³-hybridized carbons (Fsp3) is 0.400. The molecule has 2 aromatic rings. The van der Waals surface area contributed by atoms with E-state index in [0.29, 0.717) is 22.8 Å². The highest BCUT2D eigenvalue weighted by Gasteiger charge is 2.20. The molecule has 7 heteroatoms. The predicted octanol–water partition coefficient (Wildman–Crippen LogP) is 2.84. The number of carbonyl (C=O) groups excluding carboxylic acids is 2. The molecule has 2 heterocycles. The lowest BCUT2D eigenvalue weighted by Crippen LogP contribution is -2.36. The van der Waals surface area contributed by atoms with Gasteiger partial charge in [-0.25, -0.2) is 4.79 Å². The van der Waals surface area contributed by atoms with E-state index >= 15 is 0 Å². The van der Waals surface area contributed by atoms with E-state index in [0.717, 1.165) is 37.6 Å². The van der Waals surface area contributed by atoms with Crippen molar-refractivity contribution in [1.82, 2.24) is 0 Å². The van der Waals surface area contributed by atoms with Crippen LogP contribution in [0.25, 0.3) is 0 Å². The standard InChI is InChI=1S/C20H24N2O5/c1-13-14(2)27-15(3)19(13)20(24)26-12-18(23)21-16-4-6-17(7-5-16)22-8-10-25-11-9-22/h4-7H,8-12H2,1-3H3,(H,21,23). The Morgan fingerprint density at radius 3 is 2.33 bits per heavy atom. The Kier molecular flexibility index (Phi) is 5.81. The zero-order valence-corrected chi connectivity index (χ0v) is 15.8. The fourth-order valence-electron chi connectivity index (χ4n) is 3.07. The van der Waals surface area contributed by atoms with Crippen LogP contribution in [0.1, 0.15) is 27.4 Å². The monoisotopic (exact) mass is 372 g/mol. The number of nitrogens with one attached hydrogen (secondary N) is 1. The highest BCUT2D eigenvalue weighted by atomic mass is 16.5. The van der Waals surface area contributed by atoms with Crippen LogP contribution in [0, 0.1) is 20.8 Å². The van der Waals surface area contributed by atoms with Crippen LogP contribution in [0.4, 0.5) is 11.4 Å². The Bertz CT molecular complexity index is 820. The molecule has 1 aliphatic heterocycles. The van der Waals surface area contributed by atoms with Gasteiger partial charge in [0.15, 0.2) is 6.61 Å². The van der Waals surface area contributed by atoms with Gasteiger partial charge in [-0.05, 0) is 45.0 Å². The van der Waals surface area contributed by atoms with Gasteiger partial charge in [0, 0.05) is 30.0 Å². The van der Waals surface area contributed by atoms with Crippen LogP contribution in [0.15, 0.2) is 28.7 Å². The lowest BCUT2D eigenvalue weighted by atomic mass is 10.1. The van der Waals surface area contributed by atoms with Crippen molar-refractivity contribution in [3.05, 3.63) is 46.9 Å². The zero-order valence-electron chi connectivity index (χ0n) is 15.8. The molecule has 1 aliphatic rings. The second-order valence-corrected chi connectivity index (χ2v) is 6.49. The third-order valence-corrected chi connectivity index (χ3v) is 4.63. The molecule has 0 saturated carbocycles. The molecule has 0 spiro atoms. The van der Waals surface area contributed by atoms with E-state index in [-0.39, 0.29) is 6.61 Å². The largest absolute Gasteiger partial charge is 0.465 e. The molecular formula is C20H24N2O5. The number of furan rings is 1. The average molecular weight is 372 g/mol. The first kappa shape index (κ1) is 19.0. The van der Waals surface area contributed by atoms with Crippen LogP contribution >= 0.6 is 0 Å². The van der Waals surface area contributed by atoms with E-state index < -0.39 is 11.9 Å². The summed E-state index contributed by atoms with van der Waals surface area (Å²) in [7, 11) is 0. The molecule has 0 bridgehead atoms. The Labute approximate surface area is 158 Å². The van der Waals surface area contributed by atoms with Crippen LogP contribution in [0.2, 0.25) is 0 Å². The minimum absolute atomic E-state index is 0.354. The van der Waals surface area contributed by atoms with Crippen molar-refractivity contribution in [2.75, 3.05) is 43.1 Å². The molecule has 0 atom stereocenters. The highest BCUT2D eigenvalue weighted by Crippen LogP contribution is 2.22. The van der Waals surface area contributed by atoms with Gasteiger partial charge < -0.3 is 24.1 Å². The second kappa shape index (κ2) is 8.26. The molecule has 1 aromatic carbocycles. The van der Waals surface area contributed by atoms with Crippen LogP contribution in [0.3, 0.4) is 0 Å². The second-order valence-electron chi connectivity index (χ2n) is 6.49. The predicted molar refractivity (Wildman–Crippen MR) is 101 cm³/mol. The topological polar surface area (TPSA) is 81.0 Å². The third kappa shape index (κ3) is 4.49. The van der Waals surface area contributed by atoms with Gasteiger partial charge in [-0.15, -0.1) is 0 Å². The lowest BCUT2D eigenvalue weighted by Gasteiger charge is -2.28. The molecule has 0 unspecified atom stereocenters. The van der Waals surface area contributed by atoms with E-state index in [2.05, 4.69) is 10.2 Å². The normalized spacial score (nSPS) is 14.1. The first-order valence-electron chi connectivity index (χ1n) is 8.92. The van der Waals surface area contributed by atoms with Gasteiger partial charge in [-0.1, -0.05) is 0 Å². The maximum absolute atomic E-state index is 12.2. The summed E-state index contributed by atoms with van der Waals surface area (Å²) >= 11 is 0. The van der Waals surface area contributed by atoms with Gasteiger partial charge in [-0.2, -0.15) is 0 Å². The number of morpholine rings is 1. The molecule has 1 N–H and O–H groups in total. The number of hydrogen-bond donors (Lipinski definition) is 1. The molecule has 0 radical (unpaired) electrons. The summed E-state index contributed by atoms with van der Waals surface area (Å²) in [4.78, 5) is 26.5. The molecule has 27 heavy (non-hydrogen) atoms. The Balaban J connectivity index is 1.52. The number of amides is 1. The summed E-state index contributed by atoms with van der Waals surface area (Å²) in [5, 5.41) is 2.73. The molecule has 1 fully saturated rings. The van der Waals surface area contributed by atoms with Crippen molar-refractivity contribution >= 4 is 23.3 Å². The third-order valence-electron chi connectivity index (χ3n) is 4.63. The first-order valence-corrected chi connectivity index (χ1v) is 8.92. The Morgan fingerprint density at radius 2 is 1.74 bits per heavy atom.